The van der Waals surface area contributed by atoms with E-state index in [1.165, 1.54) is 12.1 Å². The van der Waals surface area contributed by atoms with Crippen LogP contribution in [0, 0.1) is 12.7 Å². The van der Waals surface area contributed by atoms with Gasteiger partial charge in [0.05, 0.1) is 5.69 Å². The molecule has 0 unspecified atom stereocenters. The van der Waals surface area contributed by atoms with Crippen molar-refractivity contribution in [3.8, 4) is 11.1 Å². The number of nitrogens with two attached hydrogens (primary N) is 1. The summed E-state index contributed by atoms with van der Waals surface area (Å²) in [5.74, 6) is -0.319. The minimum atomic E-state index is -0.319. The first-order valence-electron chi connectivity index (χ1n) is 5.60. The summed E-state index contributed by atoms with van der Waals surface area (Å²) in [6.45, 7) is 6.05. The maximum absolute atomic E-state index is 13.0. The van der Waals surface area contributed by atoms with Gasteiger partial charge in [-0.1, -0.05) is 0 Å². The summed E-state index contributed by atoms with van der Waals surface area (Å²) < 4.78 is 14.9. The van der Waals surface area contributed by atoms with Gasteiger partial charge in [-0.15, -0.1) is 0 Å². The lowest BCUT2D eigenvalue weighted by Crippen LogP contribution is -2.00. The fraction of sp³-hybridized carbons (Fsp3) is 0.308. The lowest BCUT2D eigenvalue weighted by molar-refractivity contribution is 0.529. The molecular formula is C13H16FN3. The van der Waals surface area contributed by atoms with E-state index < -0.39 is 0 Å². The van der Waals surface area contributed by atoms with E-state index in [4.69, 9.17) is 5.73 Å². The molecule has 1 aromatic heterocycles. The van der Waals surface area contributed by atoms with Crippen LogP contribution in [-0.2, 0) is 0 Å². The summed E-state index contributed by atoms with van der Waals surface area (Å²) in [6.07, 6.45) is 1.95. The van der Waals surface area contributed by atoms with Crippen LogP contribution in [0.25, 0.3) is 11.1 Å². The molecule has 0 aliphatic heterocycles. The van der Waals surface area contributed by atoms with E-state index in [9.17, 15) is 4.39 Å². The van der Waals surface area contributed by atoms with Gasteiger partial charge in [0, 0.05) is 29.1 Å². The number of anilines is 1. The van der Waals surface area contributed by atoms with Gasteiger partial charge < -0.3 is 5.73 Å². The zero-order valence-corrected chi connectivity index (χ0v) is 10.2. The average Bonchev–Trinajstić information content (AvgIpc) is 2.61. The van der Waals surface area contributed by atoms with Crippen LogP contribution in [0.2, 0.25) is 0 Å². The number of benzene rings is 1. The second kappa shape index (κ2) is 4.20. The molecule has 0 saturated carbocycles. The number of rotatable bonds is 2. The van der Waals surface area contributed by atoms with Crippen molar-refractivity contribution >= 4 is 5.69 Å². The zero-order valence-electron chi connectivity index (χ0n) is 10.2. The highest BCUT2D eigenvalue weighted by molar-refractivity contribution is 5.77. The van der Waals surface area contributed by atoms with Crippen molar-refractivity contribution in [2.75, 3.05) is 5.73 Å². The molecule has 1 heterocycles. The van der Waals surface area contributed by atoms with Gasteiger partial charge in [0.2, 0.25) is 0 Å². The summed E-state index contributed by atoms with van der Waals surface area (Å²) in [7, 11) is 0. The molecule has 0 radical (unpaired) electrons. The fourth-order valence-corrected chi connectivity index (χ4v) is 1.79. The molecule has 2 N–H and O–H groups in total. The topological polar surface area (TPSA) is 43.8 Å². The van der Waals surface area contributed by atoms with Gasteiger partial charge in [0.15, 0.2) is 0 Å². The summed E-state index contributed by atoms with van der Waals surface area (Å²) in [6, 6.07) is 4.74. The third-order valence-electron chi connectivity index (χ3n) is 2.75. The highest BCUT2D eigenvalue weighted by Crippen LogP contribution is 2.29. The van der Waals surface area contributed by atoms with Gasteiger partial charge in [-0.2, -0.15) is 5.10 Å². The van der Waals surface area contributed by atoms with Crippen molar-refractivity contribution in [3.63, 3.8) is 0 Å². The molecule has 0 fully saturated rings. The molecule has 0 spiro atoms. The van der Waals surface area contributed by atoms with E-state index >= 15 is 0 Å². The van der Waals surface area contributed by atoms with Crippen molar-refractivity contribution in [2.45, 2.75) is 26.8 Å². The van der Waals surface area contributed by atoms with Crippen LogP contribution in [-0.4, -0.2) is 9.78 Å². The minimum absolute atomic E-state index is 0.295. The lowest BCUT2D eigenvalue weighted by Gasteiger charge is -2.04. The normalized spacial score (nSPS) is 11.1. The average molecular weight is 233 g/mol. The van der Waals surface area contributed by atoms with Crippen molar-refractivity contribution in [1.29, 1.82) is 0 Å². The summed E-state index contributed by atoms with van der Waals surface area (Å²) >= 11 is 0. The minimum Gasteiger partial charge on any atom is -0.398 e. The highest BCUT2D eigenvalue weighted by atomic mass is 19.1. The highest BCUT2D eigenvalue weighted by Gasteiger charge is 2.11. The molecule has 0 aliphatic carbocycles. The van der Waals surface area contributed by atoms with E-state index in [1.807, 2.05) is 17.8 Å². The van der Waals surface area contributed by atoms with Gasteiger partial charge in [0.25, 0.3) is 0 Å². The number of aryl methyl sites for hydroxylation is 1. The Morgan fingerprint density at radius 3 is 2.53 bits per heavy atom. The van der Waals surface area contributed by atoms with E-state index in [2.05, 4.69) is 18.9 Å². The third-order valence-corrected chi connectivity index (χ3v) is 2.75. The Kier molecular flexibility index (Phi) is 2.88. The van der Waals surface area contributed by atoms with Crippen LogP contribution in [0.1, 0.15) is 25.6 Å². The molecule has 2 rings (SSSR count). The van der Waals surface area contributed by atoms with Crippen molar-refractivity contribution in [1.82, 2.24) is 9.78 Å². The molecular weight excluding hydrogens is 217 g/mol. The molecule has 1 aromatic carbocycles. The van der Waals surface area contributed by atoms with Crippen molar-refractivity contribution in [2.24, 2.45) is 0 Å². The van der Waals surface area contributed by atoms with Crippen LogP contribution < -0.4 is 5.73 Å². The van der Waals surface area contributed by atoms with Crippen LogP contribution >= 0.6 is 0 Å². The Morgan fingerprint density at radius 1 is 1.29 bits per heavy atom. The van der Waals surface area contributed by atoms with Crippen molar-refractivity contribution < 1.29 is 4.39 Å². The van der Waals surface area contributed by atoms with E-state index in [1.54, 1.807) is 6.07 Å². The zero-order chi connectivity index (χ0) is 12.6. The summed E-state index contributed by atoms with van der Waals surface area (Å²) in [5, 5.41) is 4.42. The molecule has 0 aliphatic rings. The molecule has 90 valence electrons. The molecule has 4 heteroatoms. The Balaban J connectivity index is 2.52. The predicted molar refractivity (Wildman–Crippen MR) is 67.2 cm³/mol. The standard InChI is InChI=1S/C13H16FN3/c1-8(2)17-7-12(9(3)16-17)11-5-4-10(14)6-13(11)15/h4-8H,15H2,1-3H3. The second-order valence-electron chi connectivity index (χ2n) is 4.43. The van der Waals surface area contributed by atoms with Crippen LogP contribution in [0.15, 0.2) is 24.4 Å². The fourth-order valence-electron chi connectivity index (χ4n) is 1.79. The lowest BCUT2D eigenvalue weighted by atomic mass is 10.1. The maximum Gasteiger partial charge on any atom is 0.125 e. The van der Waals surface area contributed by atoms with E-state index in [0.717, 1.165) is 16.8 Å². The van der Waals surface area contributed by atoms with Gasteiger partial charge in [-0.05, 0) is 39.0 Å². The number of hydrogen-bond donors (Lipinski definition) is 1. The second-order valence-corrected chi connectivity index (χ2v) is 4.43. The number of halogens is 1. The Bertz CT molecular complexity index is 544. The van der Waals surface area contributed by atoms with E-state index in [-0.39, 0.29) is 5.82 Å². The largest absolute Gasteiger partial charge is 0.398 e. The summed E-state index contributed by atoms with van der Waals surface area (Å²) in [5.41, 5.74) is 8.96. The summed E-state index contributed by atoms with van der Waals surface area (Å²) in [4.78, 5) is 0. The molecule has 3 nitrogen and oxygen atoms in total. The van der Waals surface area contributed by atoms with Crippen LogP contribution in [0.5, 0.6) is 0 Å². The number of nitrogen functional groups attached to an aromatic ring is 1. The van der Waals surface area contributed by atoms with Crippen LogP contribution in [0.3, 0.4) is 0 Å². The number of hydrogen-bond acceptors (Lipinski definition) is 2. The third kappa shape index (κ3) is 2.16. The van der Waals surface area contributed by atoms with Gasteiger partial charge in [-0.3, -0.25) is 4.68 Å². The monoisotopic (exact) mass is 233 g/mol. The SMILES string of the molecule is Cc1nn(C(C)C)cc1-c1ccc(F)cc1N. The van der Waals surface area contributed by atoms with Crippen LogP contribution in [0.4, 0.5) is 10.1 Å². The first-order chi connectivity index (χ1) is 7.99. The van der Waals surface area contributed by atoms with Gasteiger partial charge in [-0.25, -0.2) is 4.39 Å². The van der Waals surface area contributed by atoms with Gasteiger partial charge >= 0.3 is 0 Å². The number of nitrogens with zero attached hydrogens (tertiary/aromatic N) is 2. The molecule has 0 atom stereocenters. The van der Waals surface area contributed by atoms with Crippen molar-refractivity contribution in [3.05, 3.63) is 35.9 Å². The smallest absolute Gasteiger partial charge is 0.125 e. The molecule has 17 heavy (non-hydrogen) atoms. The Hall–Kier alpha value is -1.84. The van der Waals surface area contributed by atoms with E-state index in [0.29, 0.717) is 11.7 Å². The molecule has 0 bridgehead atoms. The Labute approximate surface area is 100 Å². The molecule has 0 amide bonds. The number of aromatic nitrogens is 2. The first kappa shape index (κ1) is 11.6. The quantitative estimate of drug-likeness (QED) is 0.810. The van der Waals surface area contributed by atoms with Gasteiger partial charge in [0.1, 0.15) is 5.82 Å². The molecule has 0 saturated heterocycles. The first-order valence-corrected chi connectivity index (χ1v) is 5.60. The maximum atomic E-state index is 13.0. The Morgan fingerprint density at radius 2 is 2.00 bits per heavy atom. The predicted octanol–water partition coefficient (Wildman–Crippen LogP) is 3.16. The molecule has 2 aromatic rings.